The molecule has 0 aliphatic heterocycles. The number of fused-ring (bicyclic) bond motifs is 5. The van der Waals surface area contributed by atoms with Gasteiger partial charge in [0.1, 0.15) is 17.3 Å². The highest BCUT2D eigenvalue weighted by molar-refractivity contribution is 6.11. The lowest BCUT2D eigenvalue weighted by Crippen LogP contribution is -2.71. The Morgan fingerprint density at radius 2 is 1.48 bits per heavy atom. The average molecular weight is 559 g/mol. The lowest BCUT2D eigenvalue weighted by molar-refractivity contribution is -0.231. The van der Waals surface area contributed by atoms with Gasteiger partial charge in [0.15, 0.2) is 5.78 Å². The Morgan fingerprint density at radius 3 is 2.00 bits per heavy atom. The van der Waals surface area contributed by atoms with Gasteiger partial charge < -0.3 is 18.9 Å². The summed E-state index contributed by atoms with van der Waals surface area (Å²) in [6.45, 7) is 13.7. The molecule has 4 aliphatic rings. The van der Waals surface area contributed by atoms with E-state index in [1.54, 1.807) is 20.8 Å². The van der Waals surface area contributed by atoms with Crippen molar-refractivity contribution in [3.8, 4) is 0 Å². The third-order valence-corrected chi connectivity index (χ3v) is 11.3. The third kappa shape index (κ3) is 3.29. The maximum absolute atomic E-state index is 14.3. The molecule has 220 valence electrons. The van der Waals surface area contributed by atoms with Crippen molar-refractivity contribution in [1.29, 1.82) is 0 Å². The van der Waals surface area contributed by atoms with Gasteiger partial charge in [-0.05, 0) is 57.8 Å². The van der Waals surface area contributed by atoms with Crippen LogP contribution in [-0.2, 0) is 42.9 Å². The van der Waals surface area contributed by atoms with Crippen LogP contribution in [0.15, 0.2) is 23.0 Å². The zero-order valence-corrected chi connectivity index (χ0v) is 25.3. The molecule has 9 heteroatoms. The van der Waals surface area contributed by atoms with Crippen molar-refractivity contribution < 1.29 is 42.9 Å². The van der Waals surface area contributed by atoms with Gasteiger partial charge in [0.05, 0.1) is 25.0 Å². The largest absolute Gasteiger partial charge is 0.469 e. The smallest absolute Gasteiger partial charge is 0.321 e. The van der Waals surface area contributed by atoms with Crippen LogP contribution in [0, 0.1) is 38.9 Å². The van der Waals surface area contributed by atoms with E-state index in [2.05, 4.69) is 0 Å². The quantitative estimate of drug-likeness (QED) is 0.279. The Kier molecular flexibility index (Phi) is 6.96. The number of allylic oxidation sites excluding steroid dienone is 3. The van der Waals surface area contributed by atoms with E-state index in [0.717, 1.165) is 0 Å². The molecule has 9 nitrogen and oxygen atoms in total. The summed E-state index contributed by atoms with van der Waals surface area (Å²) < 4.78 is 22.5. The van der Waals surface area contributed by atoms with Gasteiger partial charge >= 0.3 is 23.9 Å². The number of Topliss-reactive ketones (excluding diaryl/α,β-unsaturated/α-hetero) is 1. The molecule has 0 saturated heterocycles. The van der Waals surface area contributed by atoms with Crippen molar-refractivity contribution >= 4 is 29.7 Å². The summed E-state index contributed by atoms with van der Waals surface area (Å²) in [5.74, 6) is -3.28. The van der Waals surface area contributed by atoms with Gasteiger partial charge in [0, 0.05) is 30.8 Å². The van der Waals surface area contributed by atoms with Crippen molar-refractivity contribution in [2.75, 3.05) is 14.2 Å². The van der Waals surface area contributed by atoms with Crippen molar-refractivity contribution in [3.05, 3.63) is 23.0 Å². The van der Waals surface area contributed by atoms with E-state index < -0.39 is 57.0 Å². The fraction of sp³-hybridized carbons (Fsp3) is 0.710. The van der Waals surface area contributed by atoms with E-state index in [1.807, 2.05) is 26.8 Å². The second-order valence-corrected chi connectivity index (χ2v) is 13.1. The minimum Gasteiger partial charge on any atom is -0.469 e. The van der Waals surface area contributed by atoms with Gasteiger partial charge in [-0.2, -0.15) is 0 Å². The number of esters is 4. The lowest BCUT2D eigenvalue weighted by atomic mass is 9.33. The first-order chi connectivity index (χ1) is 18.5. The molecule has 0 aromatic heterocycles. The Balaban J connectivity index is 2.08. The zero-order chi connectivity index (χ0) is 30.2. The summed E-state index contributed by atoms with van der Waals surface area (Å²) in [6, 6.07) is 0. The molecule has 7 atom stereocenters. The second kappa shape index (κ2) is 9.28. The first-order valence-electron chi connectivity index (χ1n) is 13.9. The first-order valence-corrected chi connectivity index (χ1v) is 13.9. The molecule has 0 amide bonds. The highest BCUT2D eigenvalue weighted by atomic mass is 16.6. The van der Waals surface area contributed by atoms with Crippen molar-refractivity contribution in [3.63, 3.8) is 0 Å². The Bertz CT molecular complexity index is 1260. The van der Waals surface area contributed by atoms with Gasteiger partial charge in [0.25, 0.3) is 0 Å². The maximum Gasteiger partial charge on any atom is 0.321 e. The summed E-state index contributed by atoms with van der Waals surface area (Å²) in [4.78, 5) is 66.9. The summed E-state index contributed by atoms with van der Waals surface area (Å²) in [7, 11) is 2.63. The van der Waals surface area contributed by atoms with Crippen LogP contribution >= 0.6 is 0 Å². The zero-order valence-electron chi connectivity index (χ0n) is 25.3. The van der Waals surface area contributed by atoms with E-state index in [0.29, 0.717) is 31.3 Å². The number of hydrogen-bond donors (Lipinski definition) is 0. The maximum atomic E-state index is 14.3. The SMILES string of the molecule is COC(=O)[C@@]12CC[C@H](OC(C)=O)C(C)(C)[C@@H]1CC[C@@]1(C)[C@@H]2C=C(C)[C@@]2(C)C(=O)C(C)=C(OC(C)=O)[C@]21C(=O)OC. The molecule has 40 heavy (non-hydrogen) atoms. The van der Waals surface area contributed by atoms with E-state index in [1.165, 1.54) is 28.1 Å². The monoisotopic (exact) mass is 558 g/mol. The summed E-state index contributed by atoms with van der Waals surface area (Å²) in [6.07, 6.45) is 3.24. The lowest BCUT2D eigenvalue weighted by Gasteiger charge is -2.68. The van der Waals surface area contributed by atoms with Crippen molar-refractivity contribution in [1.82, 2.24) is 0 Å². The molecule has 0 spiro atoms. The highest BCUT2D eigenvalue weighted by Gasteiger charge is 2.82. The van der Waals surface area contributed by atoms with Crippen LogP contribution in [-0.4, -0.2) is 50.0 Å². The highest BCUT2D eigenvalue weighted by Crippen LogP contribution is 2.78. The van der Waals surface area contributed by atoms with Gasteiger partial charge in [-0.25, -0.2) is 0 Å². The molecule has 2 fully saturated rings. The fourth-order valence-corrected chi connectivity index (χ4v) is 9.56. The van der Waals surface area contributed by atoms with E-state index in [9.17, 15) is 24.0 Å². The van der Waals surface area contributed by atoms with E-state index in [-0.39, 0.29) is 29.0 Å². The number of carbonyl (C=O) groups is 5. The molecule has 0 N–H and O–H groups in total. The van der Waals surface area contributed by atoms with Crippen LogP contribution in [0.2, 0.25) is 0 Å². The van der Waals surface area contributed by atoms with Crippen LogP contribution in [0.1, 0.15) is 81.1 Å². The molecule has 0 heterocycles. The number of carbonyl (C=O) groups excluding carboxylic acids is 5. The molecular formula is C31H42O9. The van der Waals surface area contributed by atoms with Gasteiger partial charge in [-0.1, -0.05) is 32.4 Å². The third-order valence-electron chi connectivity index (χ3n) is 11.3. The standard InChI is InChI=1S/C31H42O9/c1-16-15-21-28(7,31(26(36)38-10)24(40-19(4)33)17(2)23(34)29(16,31)8)13-11-20-27(5,6)22(39-18(3)32)12-14-30(20,21)25(35)37-9/h15,20-22H,11-14H2,1-10H3/t20-,21-,22-,28-,29-,30-,31+/m0/s1. The van der Waals surface area contributed by atoms with E-state index in [4.69, 9.17) is 18.9 Å². The molecule has 0 radical (unpaired) electrons. The fourth-order valence-electron chi connectivity index (χ4n) is 9.56. The molecule has 2 saturated carbocycles. The van der Waals surface area contributed by atoms with Gasteiger partial charge in [0.2, 0.25) is 0 Å². The van der Waals surface area contributed by atoms with Crippen molar-refractivity contribution in [2.24, 2.45) is 38.9 Å². The number of rotatable bonds is 4. The average Bonchev–Trinajstić information content (AvgIpc) is 3.05. The number of ketones is 1. The van der Waals surface area contributed by atoms with Crippen LogP contribution in [0.3, 0.4) is 0 Å². The molecule has 4 aliphatic carbocycles. The van der Waals surface area contributed by atoms with Crippen LogP contribution < -0.4 is 0 Å². The second-order valence-electron chi connectivity index (χ2n) is 13.1. The Morgan fingerprint density at radius 1 is 0.875 bits per heavy atom. The summed E-state index contributed by atoms with van der Waals surface area (Å²) in [5.41, 5.74) is -5.07. The Hall–Kier alpha value is -2.97. The summed E-state index contributed by atoms with van der Waals surface area (Å²) in [5, 5.41) is 0. The molecular weight excluding hydrogens is 516 g/mol. The van der Waals surface area contributed by atoms with Crippen LogP contribution in [0.25, 0.3) is 0 Å². The normalized spacial score (nSPS) is 39.7. The predicted octanol–water partition coefficient (Wildman–Crippen LogP) is 4.48. The summed E-state index contributed by atoms with van der Waals surface area (Å²) >= 11 is 0. The first kappa shape index (κ1) is 30.0. The van der Waals surface area contributed by atoms with Crippen LogP contribution in [0.5, 0.6) is 0 Å². The number of hydrogen-bond acceptors (Lipinski definition) is 9. The van der Waals surface area contributed by atoms with Gasteiger partial charge in [-0.3, -0.25) is 24.0 Å². The molecule has 0 aromatic carbocycles. The minimum atomic E-state index is -1.70. The van der Waals surface area contributed by atoms with E-state index >= 15 is 0 Å². The number of methoxy groups -OCH3 is 2. The number of ether oxygens (including phenoxy) is 4. The molecule has 4 rings (SSSR count). The van der Waals surface area contributed by atoms with Crippen LogP contribution in [0.4, 0.5) is 0 Å². The minimum absolute atomic E-state index is 0.00521. The molecule has 0 bridgehead atoms. The Labute approximate surface area is 236 Å². The van der Waals surface area contributed by atoms with Crippen molar-refractivity contribution in [2.45, 2.75) is 87.2 Å². The molecule has 0 unspecified atom stereocenters. The topological polar surface area (TPSA) is 122 Å². The predicted molar refractivity (Wildman–Crippen MR) is 143 cm³/mol. The van der Waals surface area contributed by atoms with Gasteiger partial charge in [-0.15, -0.1) is 0 Å². The molecule has 0 aromatic rings.